The summed E-state index contributed by atoms with van der Waals surface area (Å²) in [7, 11) is 0. The molecule has 0 spiro atoms. The third-order valence-corrected chi connectivity index (χ3v) is 2.88. The highest BCUT2D eigenvalue weighted by Crippen LogP contribution is 2.15. The fraction of sp³-hybridized carbons (Fsp3) is 0.154. The van der Waals surface area contributed by atoms with Gasteiger partial charge in [-0.25, -0.2) is 0 Å². The maximum Gasteiger partial charge on any atom is 0.181 e. The van der Waals surface area contributed by atoms with Crippen LogP contribution in [0.15, 0.2) is 58.1 Å². The monoisotopic (exact) mass is 292 g/mol. The summed E-state index contributed by atoms with van der Waals surface area (Å²) in [6, 6.07) is 11.2. The molecule has 3 nitrogen and oxygen atoms in total. The number of nitrogens with zero attached hydrogens (tertiary/aromatic N) is 1. The van der Waals surface area contributed by atoms with E-state index in [4.69, 9.17) is 0 Å². The van der Waals surface area contributed by atoms with Crippen molar-refractivity contribution in [2.45, 2.75) is 6.54 Å². The molecule has 0 unspecified atom stereocenters. The van der Waals surface area contributed by atoms with Crippen LogP contribution in [0.3, 0.4) is 0 Å². The molecule has 1 aromatic carbocycles. The van der Waals surface area contributed by atoms with Gasteiger partial charge in [-0.1, -0.05) is 22.0 Å². The van der Waals surface area contributed by atoms with Crippen LogP contribution in [0.5, 0.6) is 0 Å². The van der Waals surface area contributed by atoms with E-state index in [1.54, 1.807) is 24.5 Å². The summed E-state index contributed by atoms with van der Waals surface area (Å²) in [5, 5.41) is 3.32. The number of hydrogen-bond donors (Lipinski definition) is 1. The molecule has 4 heteroatoms. The Morgan fingerprint density at radius 3 is 2.65 bits per heavy atom. The Kier molecular flexibility index (Phi) is 3.98. The lowest BCUT2D eigenvalue weighted by molar-refractivity contribution is 0.720. The van der Waals surface area contributed by atoms with Gasteiger partial charge in [0.15, 0.2) is 5.43 Å². The smallest absolute Gasteiger partial charge is 0.181 e. The van der Waals surface area contributed by atoms with E-state index in [2.05, 4.69) is 21.2 Å². The molecular formula is C13H13BrN2O. The highest BCUT2D eigenvalue weighted by molar-refractivity contribution is 9.10. The van der Waals surface area contributed by atoms with Crippen molar-refractivity contribution in [1.29, 1.82) is 0 Å². The van der Waals surface area contributed by atoms with Crippen molar-refractivity contribution in [3.63, 3.8) is 0 Å². The number of nitrogens with one attached hydrogen (secondary N) is 1. The second-order valence-electron chi connectivity index (χ2n) is 3.71. The third-order valence-electron chi connectivity index (χ3n) is 2.38. The van der Waals surface area contributed by atoms with E-state index < -0.39 is 0 Å². The first-order valence-corrected chi connectivity index (χ1v) is 6.19. The number of benzene rings is 1. The van der Waals surface area contributed by atoms with Crippen molar-refractivity contribution in [3.05, 3.63) is 63.5 Å². The van der Waals surface area contributed by atoms with E-state index in [-0.39, 0.29) is 5.43 Å². The van der Waals surface area contributed by atoms with E-state index in [0.717, 1.165) is 23.2 Å². The summed E-state index contributed by atoms with van der Waals surface area (Å²) in [4.78, 5) is 10.9. The molecule has 1 heterocycles. The zero-order chi connectivity index (χ0) is 12.1. The van der Waals surface area contributed by atoms with E-state index in [1.807, 2.05) is 28.8 Å². The van der Waals surface area contributed by atoms with Gasteiger partial charge in [0.1, 0.15) is 0 Å². The van der Waals surface area contributed by atoms with Crippen molar-refractivity contribution >= 4 is 21.6 Å². The molecular weight excluding hydrogens is 280 g/mol. The van der Waals surface area contributed by atoms with E-state index in [9.17, 15) is 4.79 Å². The van der Waals surface area contributed by atoms with Crippen molar-refractivity contribution < 1.29 is 0 Å². The summed E-state index contributed by atoms with van der Waals surface area (Å²) in [5.74, 6) is 0. The molecule has 0 aliphatic carbocycles. The Labute approximate surface area is 108 Å². The molecule has 0 bridgehead atoms. The molecule has 0 aliphatic heterocycles. The summed E-state index contributed by atoms with van der Waals surface area (Å²) in [6.45, 7) is 1.64. The van der Waals surface area contributed by atoms with Gasteiger partial charge in [-0.3, -0.25) is 4.79 Å². The summed E-state index contributed by atoms with van der Waals surface area (Å²) in [6.07, 6.45) is 3.59. The van der Waals surface area contributed by atoms with Crippen LogP contribution in [-0.4, -0.2) is 11.1 Å². The quantitative estimate of drug-likeness (QED) is 0.940. The normalized spacial score (nSPS) is 10.2. The second-order valence-corrected chi connectivity index (χ2v) is 4.62. The summed E-state index contributed by atoms with van der Waals surface area (Å²) < 4.78 is 3.04. The van der Waals surface area contributed by atoms with E-state index in [0.29, 0.717) is 0 Å². The van der Waals surface area contributed by atoms with Gasteiger partial charge < -0.3 is 9.88 Å². The molecule has 0 aliphatic rings. The molecule has 1 N–H and O–H groups in total. The fourth-order valence-corrected chi connectivity index (χ4v) is 1.92. The number of anilines is 1. The molecule has 2 rings (SSSR count). The minimum atomic E-state index is 0.0428. The minimum Gasteiger partial charge on any atom is -0.383 e. The van der Waals surface area contributed by atoms with Crippen LogP contribution in [0.25, 0.3) is 0 Å². The predicted molar refractivity (Wildman–Crippen MR) is 73.3 cm³/mol. The van der Waals surface area contributed by atoms with Gasteiger partial charge in [0, 0.05) is 47.8 Å². The fourth-order valence-electron chi connectivity index (χ4n) is 1.52. The maximum absolute atomic E-state index is 10.9. The molecule has 0 atom stereocenters. The molecule has 2 aromatic rings. The van der Waals surface area contributed by atoms with Gasteiger partial charge in [0.25, 0.3) is 0 Å². The number of halogens is 1. The van der Waals surface area contributed by atoms with Crippen LogP contribution < -0.4 is 10.7 Å². The Balaban J connectivity index is 1.87. The Morgan fingerprint density at radius 1 is 1.18 bits per heavy atom. The number of aromatic nitrogens is 1. The van der Waals surface area contributed by atoms with Crippen LogP contribution in [0.4, 0.5) is 5.69 Å². The van der Waals surface area contributed by atoms with Crippen molar-refractivity contribution in [2.75, 3.05) is 11.9 Å². The molecule has 0 fully saturated rings. The Hall–Kier alpha value is -1.55. The van der Waals surface area contributed by atoms with Gasteiger partial charge in [0.05, 0.1) is 0 Å². The highest BCUT2D eigenvalue weighted by Gasteiger charge is 1.93. The van der Waals surface area contributed by atoms with Crippen LogP contribution in [0.1, 0.15) is 0 Å². The van der Waals surface area contributed by atoms with Crippen LogP contribution >= 0.6 is 15.9 Å². The molecule has 17 heavy (non-hydrogen) atoms. The number of pyridine rings is 1. The first-order chi connectivity index (χ1) is 8.24. The van der Waals surface area contributed by atoms with Crippen LogP contribution in [0, 0.1) is 0 Å². The predicted octanol–water partition coefficient (Wildman–Crippen LogP) is 2.72. The van der Waals surface area contributed by atoms with Gasteiger partial charge >= 0.3 is 0 Å². The molecule has 0 radical (unpaired) electrons. The van der Waals surface area contributed by atoms with Gasteiger partial charge in [-0.05, 0) is 18.2 Å². The molecule has 0 saturated heterocycles. The molecule has 0 saturated carbocycles. The molecule has 0 amide bonds. The zero-order valence-electron chi connectivity index (χ0n) is 9.27. The minimum absolute atomic E-state index is 0.0428. The van der Waals surface area contributed by atoms with Gasteiger partial charge in [-0.2, -0.15) is 0 Å². The molecule has 1 aromatic heterocycles. The second kappa shape index (κ2) is 5.68. The van der Waals surface area contributed by atoms with Gasteiger partial charge in [-0.15, -0.1) is 0 Å². The highest BCUT2D eigenvalue weighted by atomic mass is 79.9. The average Bonchev–Trinajstić information content (AvgIpc) is 2.32. The average molecular weight is 293 g/mol. The number of rotatable bonds is 4. The largest absolute Gasteiger partial charge is 0.383 e. The Morgan fingerprint density at radius 2 is 1.94 bits per heavy atom. The maximum atomic E-state index is 10.9. The molecule has 88 valence electrons. The standard InChI is InChI=1S/C13H13BrN2O/c14-11-2-1-3-12(10-11)15-6-9-16-7-4-13(17)5-8-16/h1-5,7-8,10,15H,6,9H2. The van der Waals surface area contributed by atoms with Crippen molar-refractivity contribution in [2.24, 2.45) is 0 Å². The Bertz CT molecular complexity index is 531. The topological polar surface area (TPSA) is 34.0 Å². The van der Waals surface area contributed by atoms with Crippen LogP contribution in [0.2, 0.25) is 0 Å². The first-order valence-electron chi connectivity index (χ1n) is 5.39. The van der Waals surface area contributed by atoms with E-state index in [1.165, 1.54) is 0 Å². The first kappa shape index (κ1) is 11.9. The van der Waals surface area contributed by atoms with Crippen LogP contribution in [-0.2, 0) is 6.54 Å². The lowest BCUT2D eigenvalue weighted by Gasteiger charge is -2.08. The SMILES string of the molecule is O=c1ccn(CCNc2cccc(Br)c2)cc1. The third kappa shape index (κ3) is 3.75. The lowest BCUT2D eigenvalue weighted by Crippen LogP contribution is -2.11. The van der Waals surface area contributed by atoms with Crippen molar-refractivity contribution in [3.8, 4) is 0 Å². The van der Waals surface area contributed by atoms with E-state index >= 15 is 0 Å². The zero-order valence-corrected chi connectivity index (χ0v) is 10.9. The lowest BCUT2D eigenvalue weighted by atomic mass is 10.3. The summed E-state index contributed by atoms with van der Waals surface area (Å²) in [5.41, 5.74) is 1.13. The van der Waals surface area contributed by atoms with Gasteiger partial charge in [0.2, 0.25) is 0 Å². The van der Waals surface area contributed by atoms with Crippen molar-refractivity contribution in [1.82, 2.24) is 4.57 Å². The number of hydrogen-bond acceptors (Lipinski definition) is 2. The summed E-state index contributed by atoms with van der Waals surface area (Å²) >= 11 is 3.43.